The number of nitrogens with one attached hydrogen (secondary N) is 1. The van der Waals surface area contributed by atoms with Crippen molar-refractivity contribution in [3.05, 3.63) is 18.2 Å². The SMILES string of the molecule is CCCCCCC(CCc1nccn1C)NCC. The van der Waals surface area contributed by atoms with E-state index in [1.165, 1.54) is 44.3 Å². The fourth-order valence-corrected chi connectivity index (χ4v) is 2.40. The van der Waals surface area contributed by atoms with Crippen LogP contribution in [0.25, 0.3) is 0 Å². The van der Waals surface area contributed by atoms with E-state index in [-0.39, 0.29) is 0 Å². The maximum atomic E-state index is 4.39. The molecule has 0 saturated heterocycles. The number of imidazole rings is 1. The largest absolute Gasteiger partial charge is 0.338 e. The normalized spacial score (nSPS) is 12.8. The first-order valence-corrected chi connectivity index (χ1v) is 7.47. The maximum Gasteiger partial charge on any atom is 0.108 e. The molecule has 1 atom stereocenters. The number of hydrogen-bond acceptors (Lipinski definition) is 2. The molecule has 0 aliphatic rings. The summed E-state index contributed by atoms with van der Waals surface area (Å²) in [6, 6.07) is 0.656. The van der Waals surface area contributed by atoms with Gasteiger partial charge in [0.2, 0.25) is 0 Å². The van der Waals surface area contributed by atoms with E-state index >= 15 is 0 Å². The number of unbranched alkanes of at least 4 members (excludes halogenated alkanes) is 3. The van der Waals surface area contributed by atoms with Gasteiger partial charge in [0, 0.05) is 31.9 Å². The molecule has 1 rings (SSSR count). The van der Waals surface area contributed by atoms with Crippen LogP contribution in [0.15, 0.2) is 12.4 Å². The van der Waals surface area contributed by atoms with Gasteiger partial charge in [-0.2, -0.15) is 0 Å². The zero-order chi connectivity index (χ0) is 13.2. The second-order valence-corrected chi connectivity index (χ2v) is 5.10. The molecule has 1 N–H and O–H groups in total. The molecule has 3 heteroatoms. The van der Waals surface area contributed by atoms with Gasteiger partial charge >= 0.3 is 0 Å². The molecule has 0 amide bonds. The van der Waals surface area contributed by atoms with Crippen molar-refractivity contribution in [2.75, 3.05) is 6.54 Å². The molecule has 1 aromatic rings. The standard InChI is InChI=1S/C15H29N3/c1-4-6-7-8-9-14(16-5-2)10-11-15-17-12-13-18(15)3/h12-14,16H,4-11H2,1-3H3. The van der Waals surface area contributed by atoms with Crippen LogP contribution in [-0.4, -0.2) is 22.1 Å². The summed E-state index contributed by atoms with van der Waals surface area (Å²) in [5.74, 6) is 1.20. The first-order chi connectivity index (χ1) is 8.77. The van der Waals surface area contributed by atoms with E-state index in [1.807, 2.05) is 12.4 Å². The van der Waals surface area contributed by atoms with Gasteiger partial charge in [0.05, 0.1) is 0 Å². The number of rotatable bonds is 10. The Morgan fingerprint density at radius 2 is 2.06 bits per heavy atom. The highest BCUT2D eigenvalue weighted by atomic mass is 15.0. The molecular formula is C15H29N3. The van der Waals surface area contributed by atoms with Gasteiger partial charge in [-0.3, -0.25) is 0 Å². The monoisotopic (exact) mass is 251 g/mol. The minimum atomic E-state index is 0.656. The predicted octanol–water partition coefficient (Wildman–Crippen LogP) is 3.30. The minimum Gasteiger partial charge on any atom is -0.338 e. The smallest absolute Gasteiger partial charge is 0.108 e. The summed E-state index contributed by atoms with van der Waals surface area (Å²) in [5, 5.41) is 3.60. The molecule has 1 unspecified atom stereocenters. The minimum absolute atomic E-state index is 0.656. The Morgan fingerprint density at radius 1 is 1.22 bits per heavy atom. The Balaban J connectivity index is 2.26. The molecule has 0 spiro atoms. The lowest BCUT2D eigenvalue weighted by molar-refractivity contribution is 0.436. The molecule has 0 aliphatic heterocycles. The summed E-state index contributed by atoms with van der Waals surface area (Å²) in [5.41, 5.74) is 0. The lowest BCUT2D eigenvalue weighted by Crippen LogP contribution is -2.29. The summed E-state index contributed by atoms with van der Waals surface area (Å²) in [6.45, 7) is 5.53. The predicted molar refractivity (Wildman–Crippen MR) is 77.8 cm³/mol. The Morgan fingerprint density at radius 3 is 2.67 bits per heavy atom. The quantitative estimate of drug-likeness (QED) is 0.647. The third kappa shape index (κ3) is 5.67. The van der Waals surface area contributed by atoms with Crippen LogP contribution in [0.4, 0.5) is 0 Å². The molecule has 0 aliphatic carbocycles. The van der Waals surface area contributed by atoms with Crippen molar-refractivity contribution in [2.45, 2.75) is 64.8 Å². The maximum absolute atomic E-state index is 4.39. The van der Waals surface area contributed by atoms with E-state index in [0.29, 0.717) is 6.04 Å². The van der Waals surface area contributed by atoms with Gasteiger partial charge in [-0.15, -0.1) is 0 Å². The Bertz CT molecular complexity index is 306. The third-order valence-electron chi connectivity index (χ3n) is 3.54. The molecule has 3 nitrogen and oxygen atoms in total. The summed E-state index contributed by atoms with van der Waals surface area (Å²) >= 11 is 0. The third-order valence-corrected chi connectivity index (χ3v) is 3.54. The molecule has 0 bridgehead atoms. The Labute approximate surface area is 112 Å². The summed E-state index contributed by atoms with van der Waals surface area (Å²) in [7, 11) is 2.08. The lowest BCUT2D eigenvalue weighted by Gasteiger charge is -2.17. The molecule has 1 heterocycles. The molecule has 0 radical (unpaired) electrons. The summed E-state index contributed by atoms with van der Waals surface area (Å²) in [4.78, 5) is 4.39. The molecule has 0 saturated carbocycles. The van der Waals surface area contributed by atoms with E-state index < -0.39 is 0 Å². The van der Waals surface area contributed by atoms with Crippen LogP contribution in [0.2, 0.25) is 0 Å². The molecule has 0 fully saturated rings. The van der Waals surface area contributed by atoms with Crippen LogP contribution < -0.4 is 5.32 Å². The van der Waals surface area contributed by atoms with E-state index in [1.54, 1.807) is 0 Å². The van der Waals surface area contributed by atoms with E-state index in [2.05, 4.69) is 35.8 Å². The fraction of sp³-hybridized carbons (Fsp3) is 0.800. The van der Waals surface area contributed by atoms with Gasteiger partial charge in [0.25, 0.3) is 0 Å². The number of hydrogen-bond donors (Lipinski definition) is 1. The van der Waals surface area contributed by atoms with Crippen LogP contribution in [0.3, 0.4) is 0 Å². The average molecular weight is 251 g/mol. The molecule has 0 aromatic carbocycles. The van der Waals surface area contributed by atoms with Crippen molar-refractivity contribution in [1.82, 2.24) is 14.9 Å². The van der Waals surface area contributed by atoms with Crippen molar-refractivity contribution in [2.24, 2.45) is 7.05 Å². The van der Waals surface area contributed by atoms with Crippen molar-refractivity contribution in [3.63, 3.8) is 0 Å². The first-order valence-electron chi connectivity index (χ1n) is 7.47. The van der Waals surface area contributed by atoms with E-state index in [0.717, 1.165) is 13.0 Å². The molecular weight excluding hydrogens is 222 g/mol. The van der Waals surface area contributed by atoms with Crippen molar-refractivity contribution in [1.29, 1.82) is 0 Å². The highest BCUT2D eigenvalue weighted by Gasteiger charge is 2.08. The van der Waals surface area contributed by atoms with Crippen LogP contribution in [0, 0.1) is 0 Å². The van der Waals surface area contributed by atoms with Crippen LogP contribution in [0.1, 0.15) is 58.2 Å². The zero-order valence-corrected chi connectivity index (χ0v) is 12.3. The molecule has 1 aromatic heterocycles. The van der Waals surface area contributed by atoms with Gasteiger partial charge in [0.1, 0.15) is 5.82 Å². The van der Waals surface area contributed by atoms with E-state index in [4.69, 9.17) is 0 Å². The number of nitrogens with zero attached hydrogens (tertiary/aromatic N) is 2. The second kappa shape index (κ2) is 9.15. The van der Waals surface area contributed by atoms with Crippen LogP contribution in [-0.2, 0) is 13.5 Å². The van der Waals surface area contributed by atoms with Gasteiger partial charge in [0.15, 0.2) is 0 Å². The first kappa shape index (κ1) is 15.2. The Hall–Kier alpha value is -0.830. The second-order valence-electron chi connectivity index (χ2n) is 5.10. The molecule has 18 heavy (non-hydrogen) atoms. The van der Waals surface area contributed by atoms with Gasteiger partial charge < -0.3 is 9.88 Å². The number of aromatic nitrogens is 2. The average Bonchev–Trinajstić information content (AvgIpc) is 2.77. The lowest BCUT2D eigenvalue weighted by atomic mass is 10.0. The highest BCUT2D eigenvalue weighted by molar-refractivity contribution is 4.92. The summed E-state index contributed by atoms with van der Waals surface area (Å²) < 4.78 is 2.13. The number of aryl methyl sites for hydroxylation is 2. The van der Waals surface area contributed by atoms with Gasteiger partial charge in [-0.25, -0.2) is 4.98 Å². The van der Waals surface area contributed by atoms with Crippen LogP contribution >= 0.6 is 0 Å². The highest BCUT2D eigenvalue weighted by Crippen LogP contribution is 2.10. The topological polar surface area (TPSA) is 29.9 Å². The Kier molecular flexibility index (Phi) is 7.74. The van der Waals surface area contributed by atoms with Gasteiger partial charge in [-0.1, -0.05) is 39.5 Å². The summed E-state index contributed by atoms with van der Waals surface area (Å²) in [6.07, 6.45) is 12.9. The zero-order valence-electron chi connectivity index (χ0n) is 12.3. The van der Waals surface area contributed by atoms with Gasteiger partial charge in [-0.05, 0) is 19.4 Å². The van der Waals surface area contributed by atoms with Crippen molar-refractivity contribution < 1.29 is 0 Å². The van der Waals surface area contributed by atoms with Crippen molar-refractivity contribution in [3.8, 4) is 0 Å². The fourth-order valence-electron chi connectivity index (χ4n) is 2.40. The molecule has 104 valence electrons. The van der Waals surface area contributed by atoms with E-state index in [9.17, 15) is 0 Å². The van der Waals surface area contributed by atoms with Crippen molar-refractivity contribution >= 4 is 0 Å². The van der Waals surface area contributed by atoms with Crippen LogP contribution in [0.5, 0.6) is 0 Å².